The lowest BCUT2D eigenvalue weighted by Crippen LogP contribution is -2.37. The summed E-state index contributed by atoms with van der Waals surface area (Å²) in [5.74, 6) is 1.72. The summed E-state index contributed by atoms with van der Waals surface area (Å²) in [5, 5.41) is 3.05. The second-order valence-corrected chi connectivity index (χ2v) is 7.12. The average molecular weight is 366 g/mol. The fraction of sp³-hybridized carbons (Fsp3) is 0.409. The first-order valence-electron chi connectivity index (χ1n) is 9.74. The Morgan fingerprint density at radius 3 is 2.74 bits per heavy atom. The van der Waals surface area contributed by atoms with Crippen LogP contribution in [0.4, 0.5) is 0 Å². The molecule has 2 aromatic rings. The number of ether oxygens (including phenoxy) is 2. The molecule has 27 heavy (non-hydrogen) atoms. The van der Waals surface area contributed by atoms with Gasteiger partial charge < -0.3 is 14.8 Å². The van der Waals surface area contributed by atoms with E-state index >= 15 is 0 Å². The first-order chi connectivity index (χ1) is 13.3. The van der Waals surface area contributed by atoms with E-state index in [2.05, 4.69) is 34.5 Å². The van der Waals surface area contributed by atoms with Crippen LogP contribution in [0.2, 0.25) is 0 Å². The van der Waals surface area contributed by atoms with Gasteiger partial charge in [0.2, 0.25) is 5.91 Å². The van der Waals surface area contributed by atoms with Crippen LogP contribution in [0.1, 0.15) is 30.0 Å². The van der Waals surface area contributed by atoms with Gasteiger partial charge in [0.25, 0.3) is 0 Å². The fourth-order valence-electron chi connectivity index (χ4n) is 3.89. The number of rotatable bonds is 6. The van der Waals surface area contributed by atoms with Crippen molar-refractivity contribution in [3.8, 4) is 11.5 Å². The second-order valence-electron chi connectivity index (χ2n) is 7.12. The van der Waals surface area contributed by atoms with E-state index in [0.717, 1.165) is 37.3 Å². The predicted octanol–water partition coefficient (Wildman–Crippen LogP) is 2.95. The summed E-state index contributed by atoms with van der Waals surface area (Å²) in [7, 11) is 0. The van der Waals surface area contributed by atoms with Crippen molar-refractivity contribution in [1.82, 2.24) is 10.2 Å². The molecule has 2 heterocycles. The third-order valence-corrected chi connectivity index (χ3v) is 5.24. The lowest BCUT2D eigenvalue weighted by Gasteiger charge is -2.26. The van der Waals surface area contributed by atoms with Gasteiger partial charge in [-0.1, -0.05) is 36.4 Å². The molecule has 0 aromatic heterocycles. The van der Waals surface area contributed by atoms with Crippen molar-refractivity contribution in [3.63, 3.8) is 0 Å². The topological polar surface area (TPSA) is 50.8 Å². The molecule has 1 unspecified atom stereocenters. The predicted molar refractivity (Wildman–Crippen MR) is 104 cm³/mol. The average Bonchev–Trinajstić information content (AvgIpc) is 3.16. The van der Waals surface area contributed by atoms with E-state index in [1.165, 1.54) is 11.1 Å². The molecule has 4 rings (SSSR count). The monoisotopic (exact) mass is 366 g/mol. The molecule has 1 saturated heterocycles. The highest BCUT2D eigenvalue weighted by Gasteiger charge is 2.28. The molecular weight excluding hydrogens is 340 g/mol. The van der Waals surface area contributed by atoms with Gasteiger partial charge in [0.15, 0.2) is 11.5 Å². The summed E-state index contributed by atoms with van der Waals surface area (Å²) in [4.78, 5) is 14.7. The molecule has 0 bridgehead atoms. The van der Waals surface area contributed by atoms with Crippen molar-refractivity contribution < 1.29 is 14.3 Å². The third-order valence-electron chi connectivity index (χ3n) is 5.24. The first-order valence-corrected chi connectivity index (χ1v) is 9.74. The van der Waals surface area contributed by atoms with Crippen molar-refractivity contribution in [2.24, 2.45) is 0 Å². The molecule has 2 aliphatic rings. The van der Waals surface area contributed by atoms with E-state index in [-0.39, 0.29) is 11.9 Å². The van der Waals surface area contributed by atoms with Gasteiger partial charge in [0, 0.05) is 12.6 Å². The largest absolute Gasteiger partial charge is 0.486 e. The maximum absolute atomic E-state index is 12.4. The van der Waals surface area contributed by atoms with Gasteiger partial charge in [-0.3, -0.25) is 9.69 Å². The highest BCUT2D eigenvalue weighted by atomic mass is 16.6. The van der Waals surface area contributed by atoms with E-state index in [9.17, 15) is 4.79 Å². The summed E-state index contributed by atoms with van der Waals surface area (Å²) < 4.78 is 11.3. The highest BCUT2D eigenvalue weighted by molar-refractivity contribution is 5.78. The van der Waals surface area contributed by atoms with Gasteiger partial charge in [0.1, 0.15) is 13.2 Å². The number of nitrogens with one attached hydrogen (secondary N) is 1. The summed E-state index contributed by atoms with van der Waals surface area (Å²) >= 11 is 0. The Morgan fingerprint density at radius 1 is 1.07 bits per heavy atom. The van der Waals surface area contributed by atoms with Gasteiger partial charge in [-0.15, -0.1) is 0 Å². The zero-order chi connectivity index (χ0) is 18.5. The van der Waals surface area contributed by atoms with Gasteiger partial charge in [0.05, 0.1) is 6.54 Å². The molecule has 0 aliphatic carbocycles. The molecular formula is C22H26N2O3. The molecule has 5 heteroatoms. The van der Waals surface area contributed by atoms with Crippen LogP contribution < -0.4 is 14.8 Å². The molecule has 2 aromatic carbocycles. The number of carbonyl (C=O) groups is 1. The van der Waals surface area contributed by atoms with E-state index in [1.54, 1.807) is 0 Å². The number of carbonyl (C=O) groups excluding carboxylic acids is 1. The van der Waals surface area contributed by atoms with Crippen LogP contribution in [0.5, 0.6) is 11.5 Å². The van der Waals surface area contributed by atoms with Crippen LogP contribution in [-0.2, 0) is 11.2 Å². The maximum atomic E-state index is 12.4. The third kappa shape index (κ3) is 4.42. The molecule has 0 spiro atoms. The van der Waals surface area contributed by atoms with Crippen LogP contribution in [0.3, 0.4) is 0 Å². The zero-order valence-corrected chi connectivity index (χ0v) is 15.5. The molecule has 142 valence electrons. The normalized spacial score (nSPS) is 19.0. The zero-order valence-electron chi connectivity index (χ0n) is 15.5. The van der Waals surface area contributed by atoms with E-state index < -0.39 is 0 Å². The summed E-state index contributed by atoms with van der Waals surface area (Å²) in [6.45, 7) is 3.25. The number of benzene rings is 2. The van der Waals surface area contributed by atoms with Crippen LogP contribution in [0.15, 0.2) is 48.5 Å². The maximum Gasteiger partial charge on any atom is 0.234 e. The minimum atomic E-state index is 0.0929. The minimum Gasteiger partial charge on any atom is -0.486 e. The van der Waals surface area contributed by atoms with E-state index in [0.29, 0.717) is 26.3 Å². The van der Waals surface area contributed by atoms with Crippen LogP contribution in [-0.4, -0.2) is 43.7 Å². The molecule has 2 aliphatic heterocycles. The van der Waals surface area contributed by atoms with Gasteiger partial charge in [-0.25, -0.2) is 0 Å². The molecule has 1 amide bonds. The van der Waals surface area contributed by atoms with Crippen LogP contribution in [0.25, 0.3) is 0 Å². The Balaban J connectivity index is 1.32. The first kappa shape index (κ1) is 17.9. The number of fused-ring (bicyclic) bond motifs is 1. The minimum absolute atomic E-state index is 0.0929. The summed E-state index contributed by atoms with van der Waals surface area (Å²) in [6, 6.07) is 16.7. The van der Waals surface area contributed by atoms with Gasteiger partial charge in [-0.2, -0.15) is 0 Å². The fourth-order valence-corrected chi connectivity index (χ4v) is 3.89. The molecule has 0 saturated carbocycles. The Labute approximate surface area is 160 Å². The van der Waals surface area contributed by atoms with E-state index in [4.69, 9.17) is 9.47 Å². The van der Waals surface area contributed by atoms with Crippen molar-refractivity contribution in [3.05, 3.63) is 59.7 Å². The Morgan fingerprint density at radius 2 is 1.89 bits per heavy atom. The van der Waals surface area contributed by atoms with Crippen LogP contribution >= 0.6 is 0 Å². The van der Waals surface area contributed by atoms with E-state index in [1.807, 2.05) is 24.3 Å². The van der Waals surface area contributed by atoms with Crippen LogP contribution in [0, 0.1) is 0 Å². The van der Waals surface area contributed by atoms with Crippen molar-refractivity contribution in [2.75, 3.05) is 32.8 Å². The lowest BCUT2D eigenvalue weighted by molar-refractivity contribution is -0.122. The quantitative estimate of drug-likeness (QED) is 0.854. The van der Waals surface area contributed by atoms with Crippen molar-refractivity contribution >= 4 is 5.91 Å². The standard InChI is InChI=1S/C22H26N2O3/c25-22(23-11-10-17-5-2-1-3-6-17)16-24-12-4-7-19(24)18-8-9-20-21(15-18)27-14-13-26-20/h1-3,5-6,8-9,15,19H,4,7,10-14,16H2,(H,23,25). The number of hydrogen-bond donors (Lipinski definition) is 1. The van der Waals surface area contributed by atoms with Crippen molar-refractivity contribution in [1.29, 1.82) is 0 Å². The van der Waals surface area contributed by atoms with Gasteiger partial charge in [-0.05, 0) is 49.1 Å². The molecule has 1 fully saturated rings. The molecule has 0 radical (unpaired) electrons. The summed E-state index contributed by atoms with van der Waals surface area (Å²) in [6.07, 6.45) is 3.03. The number of likely N-dealkylation sites (tertiary alicyclic amines) is 1. The lowest BCUT2D eigenvalue weighted by atomic mass is 10.0. The van der Waals surface area contributed by atoms with Crippen molar-refractivity contribution in [2.45, 2.75) is 25.3 Å². The Hall–Kier alpha value is -2.53. The second kappa shape index (κ2) is 8.44. The number of amides is 1. The summed E-state index contributed by atoms with van der Waals surface area (Å²) in [5.41, 5.74) is 2.45. The molecule has 1 atom stereocenters. The SMILES string of the molecule is O=C(CN1CCCC1c1ccc2c(c1)OCCO2)NCCc1ccccc1. The highest BCUT2D eigenvalue weighted by Crippen LogP contribution is 2.37. The number of hydrogen-bond acceptors (Lipinski definition) is 4. The number of nitrogens with zero attached hydrogens (tertiary/aromatic N) is 1. The smallest absolute Gasteiger partial charge is 0.234 e. The van der Waals surface area contributed by atoms with Gasteiger partial charge >= 0.3 is 0 Å². The Kier molecular flexibility index (Phi) is 5.58. The Bertz CT molecular complexity index is 778. The molecule has 5 nitrogen and oxygen atoms in total. The molecule has 1 N–H and O–H groups in total.